The first-order chi connectivity index (χ1) is 6.75. The molecule has 1 aromatic rings. The Balaban J connectivity index is 0.00000196. The molecule has 0 aliphatic rings. The van der Waals surface area contributed by atoms with E-state index in [0.29, 0.717) is 6.61 Å². The Morgan fingerprint density at radius 2 is 2.07 bits per heavy atom. The maximum atomic E-state index is 11.4. The van der Waals surface area contributed by atoms with E-state index >= 15 is 0 Å². The first kappa shape index (κ1) is 14.3. The van der Waals surface area contributed by atoms with Crippen LogP contribution >= 0.6 is 0 Å². The van der Waals surface area contributed by atoms with E-state index in [2.05, 4.69) is 0 Å². The summed E-state index contributed by atoms with van der Waals surface area (Å²) < 4.78 is 4.95. The second-order valence-corrected chi connectivity index (χ2v) is 3.01. The molecule has 0 amide bonds. The third-order valence-corrected chi connectivity index (χ3v) is 1.86. The highest BCUT2D eigenvalue weighted by atomic mass is 24.3. The summed E-state index contributed by atoms with van der Waals surface area (Å²) in [4.78, 5) is 11.4. The van der Waals surface area contributed by atoms with Gasteiger partial charge in [-0.15, -0.1) is 0 Å². The molecule has 0 bridgehead atoms. The molecule has 0 aliphatic carbocycles. The fraction of sp³-hybridized carbons (Fsp3) is 0.364. The van der Waals surface area contributed by atoms with Crippen LogP contribution in [0.4, 0.5) is 0 Å². The number of rotatable bonds is 4. The molecular weight excluding hydrogens is 204 g/mol. The van der Waals surface area contributed by atoms with E-state index in [0.717, 1.165) is 12.8 Å². The van der Waals surface area contributed by atoms with Gasteiger partial charge in [0.15, 0.2) is 0 Å². The van der Waals surface area contributed by atoms with Crippen molar-refractivity contribution in [3.63, 3.8) is 0 Å². The summed E-state index contributed by atoms with van der Waals surface area (Å²) in [6.45, 7) is 2.43. The third-order valence-electron chi connectivity index (χ3n) is 1.86. The summed E-state index contributed by atoms with van der Waals surface area (Å²) in [5.74, 6) is -0.495. The highest BCUT2D eigenvalue weighted by Gasteiger charge is 2.10. The Kier molecular flexibility index (Phi) is 7.16. The lowest BCUT2D eigenvalue weighted by Gasteiger charge is -2.04. The van der Waals surface area contributed by atoms with Crippen LogP contribution in [0.2, 0.25) is 0 Å². The Hall–Kier alpha value is -0.744. The number of hydrogen-bond acceptors (Lipinski definition) is 3. The average molecular weight is 221 g/mol. The zero-order chi connectivity index (χ0) is 10.4. The van der Waals surface area contributed by atoms with Crippen LogP contribution in [-0.2, 0) is 4.74 Å². The van der Waals surface area contributed by atoms with Crippen molar-refractivity contribution >= 4 is 29.0 Å². The molecule has 3 nitrogen and oxygen atoms in total. The van der Waals surface area contributed by atoms with E-state index < -0.39 is 5.97 Å². The van der Waals surface area contributed by atoms with Gasteiger partial charge in [-0.2, -0.15) is 0 Å². The fourth-order valence-corrected chi connectivity index (χ4v) is 1.03. The molecule has 0 saturated carbocycles. The van der Waals surface area contributed by atoms with Crippen molar-refractivity contribution in [1.82, 2.24) is 0 Å². The molecule has 0 spiro atoms. The average Bonchev–Trinajstić information content (AvgIpc) is 2.18. The predicted molar refractivity (Wildman–Crippen MR) is 61.8 cm³/mol. The number of benzene rings is 1. The van der Waals surface area contributed by atoms with E-state index in [1.807, 2.05) is 6.92 Å². The third kappa shape index (κ3) is 4.53. The second kappa shape index (κ2) is 7.54. The smallest absolute Gasteiger partial charge is 0.341 e. The Labute approximate surface area is 106 Å². The molecule has 1 aromatic carbocycles. The normalized spacial score (nSPS) is 9.13. The van der Waals surface area contributed by atoms with E-state index in [-0.39, 0.29) is 34.4 Å². The standard InChI is InChI=1S/C11H14O3.Mg.2H/c1-2-3-8-14-11(13)9-6-4-5-7-10(9)12;;;/h4-7,12H,2-3,8H2,1H3;;;. The number of carbonyl (C=O) groups is 1. The molecule has 15 heavy (non-hydrogen) atoms. The summed E-state index contributed by atoms with van der Waals surface area (Å²) in [7, 11) is 0. The molecule has 0 radical (unpaired) electrons. The lowest BCUT2D eigenvalue weighted by molar-refractivity contribution is 0.0496. The molecule has 4 heteroatoms. The molecule has 1 rings (SSSR count). The monoisotopic (exact) mass is 220 g/mol. The topological polar surface area (TPSA) is 46.5 Å². The zero-order valence-electron chi connectivity index (χ0n) is 8.19. The van der Waals surface area contributed by atoms with Gasteiger partial charge in [0, 0.05) is 0 Å². The number of phenols is 1. The molecule has 80 valence electrons. The van der Waals surface area contributed by atoms with Crippen LogP contribution in [0.1, 0.15) is 30.1 Å². The van der Waals surface area contributed by atoms with Gasteiger partial charge >= 0.3 is 29.0 Å². The number of esters is 1. The number of phenolic OH excluding ortho intramolecular Hbond substituents is 1. The Morgan fingerprint density at radius 1 is 1.40 bits per heavy atom. The van der Waals surface area contributed by atoms with Crippen LogP contribution in [0.15, 0.2) is 24.3 Å². The van der Waals surface area contributed by atoms with Gasteiger partial charge in [-0.05, 0) is 18.6 Å². The van der Waals surface area contributed by atoms with Crippen molar-refractivity contribution in [3.05, 3.63) is 29.8 Å². The van der Waals surface area contributed by atoms with Crippen molar-refractivity contribution in [2.24, 2.45) is 0 Å². The summed E-state index contributed by atoms with van der Waals surface area (Å²) in [5, 5.41) is 9.34. The van der Waals surface area contributed by atoms with Crippen LogP contribution in [0.25, 0.3) is 0 Å². The number of unbranched alkanes of at least 4 members (excludes halogenated alkanes) is 1. The number of para-hydroxylation sites is 1. The van der Waals surface area contributed by atoms with Gasteiger partial charge in [0.25, 0.3) is 0 Å². The van der Waals surface area contributed by atoms with Gasteiger partial charge in [-0.25, -0.2) is 4.79 Å². The minimum Gasteiger partial charge on any atom is -0.507 e. The highest BCUT2D eigenvalue weighted by molar-refractivity contribution is 5.92. The van der Waals surface area contributed by atoms with Gasteiger partial charge in [0.2, 0.25) is 0 Å². The predicted octanol–water partition coefficient (Wildman–Crippen LogP) is 1.43. The molecule has 1 N–H and O–H groups in total. The molecule has 0 fully saturated rings. The van der Waals surface area contributed by atoms with Crippen molar-refractivity contribution in [1.29, 1.82) is 0 Å². The largest absolute Gasteiger partial charge is 0.507 e. The summed E-state index contributed by atoms with van der Waals surface area (Å²) in [5.41, 5.74) is 0.226. The van der Waals surface area contributed by atoms with Crippen LogP contribution in [0.3, 0.4) is 0 Å². The van der Waals surface area contributed by atoms with E-state index in [1.165, 1.54) is 6.07 Å². The maximum absolute atomic E-state index is 11.4. The molecule has 0 saturated heterocycles. The molecule has 0 atom stereocenters. The summed E-state index contributed by atoms with van der Waals surface area (Å²) in [6, 6.07) is 6.37. The molecule has 0 unspecified atom stereocenters. The summed E-state index contributed by atoms with van der Waals surface area (Å²) in [6.07, 6.45) is 1.83. The highest BCUT2D eigenvalue weighted by Crippen LogP contribution is 2.16. The van der Waals surface area contributed by atoms with Gasteiger partial charge in [0.05, 0.1) is 6.61 Å². The Bertz CT molecular complexity index is 312. The fourth-order valence-electron chi connectivity index (χ4n) is 1.03. The van der Waals surface area contributed by atoms with Gasteiger partial charge in [0.1, 0.15) is 11.3 Å². The molecule has 0 aromatic heterocycles. The SMILES string of the molecule is CCCCOC(=O)c1ccccc1O.[MgH2]. The van der Waals surface area contributed by atoms with Gasteiger partial charge < -0.3 is 9.84 Å². The minimum absolute atomic E-state index is 0. The first-order valence-electron chi connectivity index (χ1n) is 4.70. The number of aromatic hydroxyl groups is 1. The van der Waals surface area contributed by atoms with Crippen molar-refractivity contribution in [3.8, 4) is 5.75 Å². The Morgan fingerprint density at radius 3 is 2.67 bits per heavy atom. The van der Waals surface area contributed by atoms with E-state index in [1.54, 1.807) is 18.2 Å². The number of carbonyl (C=O) groups excluding carboxylic acids is 1. The van der Waals surface area contributed by atoms with Crippen molar-refractivity contribution in [2.45, 2.75) is 19.8 Å². The van der Waals surface area contributed by atoms with E-state index in [9.17, 15) is 9.90 Å². The molecule has 0 heterocycles. The van der Waals surface area contributed by atoms with Crippen molar-refractivity contribution in [2.75, 3.05) is 6.61 Å². The number of ether oxygens (including phenoxy) is 1. The van der Waals surface area contributed by atoms with Crippen molar-refractivity contribution < 1.29 is 14.6 Å². The lowest BCUT2D eigenvalue weighted by Crippen LogP contribution is -2.06. The molecule has 0 aliphatic heterocycles. The van der Waals surface area contributed by atoms with Gasteiger partial charge in [-0.1, -0.05) is 25.5 Å². The maximum Gasteiger partial charge on any atom is 0.341 e. The van der Waals surface area contributed by atoms with Crippen LogP contribution in [-0.4, -0.2) is 40.7 Å². The number of hydrogen-bond donors (Lipinski definition) is 1. The zero-order valence-corrected chi connectivity index (χ0v) is 8.19. The quantitative estimate of drug-likeness (QED) is 0.474. The van der Waals surface area contributed by atoms with Crippen LogP contribution < -0.4 is 0 Å². The minimum atomic E-state index is -0.462. The lowest BCUT2D eigenvalue weighted by atomic mass is 10.2. The molecular formula is C11H16MgO3. The van der Waals surface area contributed by atoms with Crippen LogP contribution in [0.5, 0.6) is 5.75 Å². The second-order valence-electron chi connectivity index (χ2n) is 3.01. The van der Waals surface area contributed by atoms with Gasteiger partial charge in [-0.3, -0.25) is 0 Å². The van der Waals surface area contributed by atoms with Crippen LogP contribution in [0, 0.1) is 0 Å². The van der Waals surface area contributed by atoms with E-state index in [4.69, 9.17) is 4.74 Å². The summed E-state index contributed by atoms with van der Waals surface area (Å²) >= 11 is 0. The first-order valence-corrected chi connectivity index (χ1v) is 4.70.